The van der Waals surface area contributed by atoms with Crippen LogP contribution >= 0.6 is 11.6 Å². The molecule has 1 heterocycles. The summed E-state index contributed by atoms with van der Waals surface area (Å²) in [5.41, 5.74) is 2.04. The van der Waals surface area contributed by atoms with Crippen molar-refractivity contribution in [1.82, 2.24) is 4.90 Å². The van der Waals surface area contributed by atoms with Crippen LogP contribution in [0.4, 0.5) is 11.4 Å². The minimum absolute atomic E-state index is 0.0212. The Morgan fingerprint density at radius 2 is 1.72 bits per heavy atom. The monoisotopic (exact) mass is 357 g/mol. The summed E-state index contributed by atoms with van der Waals surface area (Å²) in [4.78, 5) is 26.4. The summed E-state index contributed by atoms with van der Waals surface area (Å²) in [7, 11) is 0. The molecule has 2 aromatic carbocycles. The van der Waals surface area contributed by atoms with Crippen molar-refractivity contribution in [3.05, 3.63) is 59.1 Å². The van der Waals surface area contributed by atoms with Gasteiger partial charge in [0.15, 0.2) is 0 Å². The highest BCUT2D eigenvalue weighted by atomic mass is 35.5. The van der Waals surface area contributed by atoms with E-state index in [1.54, 1.807) is 36.4 Å². The second-order valence-electron chi connectivity index (χ2n) is 5.99. The van der Waals surface area contributed by atoms with Gasteiger partial charge in [-0.2, -0.15) is 0 Å². The quantitative estimate of drug-likeness (QED) is 0.859. The van der Waals surface area contributed by atoms with Crippen molar-refractivity contribution in [3.63, 3.8) is 0 Å². The van der Waals surface area contributed by atoms with Gasteiger partial charge >= 0.3 is 0 Å². The third kappa shape index (κ3) is 4.73. The topological polar surface area (TPSA) is 61.4 Å². The van der Waals surface area contributed by atoms with Gasteiger partial charge in [0.1, 0.15) is 0 Å². The Bertz CT molecular complexity index is 756. The number of rotatable bonds is 5. The smallest absolute Gasteiger partial charge is 0.253 e. The van der Waals surface area contributed by atoms with Gasteiger partial charge in [-0.25, -0.2) is 0 Å². The summed E-state index contributed by atoms with van der Waals surface area (Å²) in [6, 6.07) is 14.2. The van der Waals surface area contributed by atoms with Crippen molar-refractivity contribution in [2.75, 3.05) is 30.3 Å². The molecule has 2 aromatic rings. The summed E-state index contributed by atoms with van der Waals surface area (Å²) in [6.45, 7) is 1.74. The average Bonchev–Trinajstić information content (AvgIpc) is 3.15. The number of anilines is 2. The molecule has 2 amide bonds. The van der Waals surface area contributed by atoms with Crippen LogP contribution in [-0.2, 0) is 4.79 Å². The number of amides is 2. The van der Waals surface area contributed by atoms with Crippen molar-refractivity contribution in [2.24, 2.45) is 0 Å². The Hall–Kier alpha value is -2.53. The summed E-state index contributed by atoms with van der Waals surface area (Å²) in [5.74, 6) is -0.159. The lowest BCUT2D eigenvalue weighted by Crippen LogP contribution is -2.27. The normalized spacial score (nSPS) is 13.6. The number of carbonyl (C=O) groups excluding carboxylic acids is 2. The number of benzene rings is 2. The van der Waals surface area contributed by atoms with Crippen LogP contribution in [0.3, 0.4) is 0 Å². The average molecular weight is 358 g/mol. The number of nitrogens with zero attached hydrogens (tertiary/aromatic N) is 1. The molecule has 25 heavy (non-hydrogen) atoms. The van der Waals surface area contributed by atoms with E-state index in [2.05, 4.69) is 10.6 Å². The Kier molecular flexibility index (Phi) is 5.56. The SMILES string of the molecule is O=C(CNc1ccc(Cl)cc1)Nc1cccc(C(=O)N2CCCC2)c1. The van der Waals surface area contributed by atoms with E-state index in [9.17, 15) is 9.59 Å². The van der Waals surface area contributed by atoms with Crippen molar-refractivity contribution in [2.45, 2.75) is 12.8 Å². The molecule has 0 radical (unpaired) electrons. The highest BCUT2D eigenvalue weighted by Gasteiger charge is 2.19. The third-order valence-corrected chi connectivity index (χ3v) is 4.34. The highest BCUT2D eigenvalue weighted by molar-refractivity contribution is 6.30. The van der Waals surface area contributed by atoms with Crippen molar-refractivity contribution >= 4 is 34.8 Å². The summed E-state index contributed by atoms with van der Waals surface area (Å²) < 4.78 is 0. The molecule has 5 nitrogen and oxygen atoms in total. The van der Waals surface area contributed by atoms with E-state index in [1.165, 1.54) is 0 Å². The van der Waals surface area contributed by atoms with Crippen LogP contribution < -0.4 is 10.6 Å². The van der Waals surface area contributed by atoms with E-state index in [4.69, 9.17) is 11.6 Å². The molecule has 0 aliphatic carbocycles. The fourth-order valence-electron chi connectivity index (χ4n) is 2.79. The first-order valence-corrected chi connectivity index (χ1v) is 8.68. The minimum Gasteiger partial charge on any atom is -0.376 e. The number of likely N-dealkylation sites (tertiary alicyclic amines) is 1. The molecule has 1 aliphatic rings. The molecule has 3 rings (SSSR count). The molecule has 1 aliphatic heterocycles. The fourth-order valence-corrected chi connectivity index (χ4v) is 2.91. The molecule has 2 N–H and O–H groups in total. The standard InChI is InChI=1S/C19H20ClN3O2/c20-15-6-8-16(9-7-15)21-13-18(24)22-17-5-3-4-14(12-17)19(25)23-10-1-2-11-23/h3-9,12,21H,1-2,10-11,13H2,(H,22,24). The van der Waals surface area contributed by atoms with Crippen LogP contribution in [-0.4, -0.2) is 36.3 Å². The Balaban J connectivity index is 1.56. The van der Waals surface area contributed by atoms with Gasteiger partial charge in [0, 0.05) is 35.1 Å². The van der Waals surface area contributed by atoms with Gasteiger partial charge in [0.05, 0.1) is 6.54 Å². The number of carbonyl (C=O) groups is 2. The van der Waals surface area contributed by atoms with E-state index in [-0.39, 0.29) is 18.4 Å². The molecule has 1 saturated heterocycles. The van der Waals surface area contributed by atoms with Crippen LogP contribution in [0.15, 0.2) is 48.5 Å². The molecule has 130 valence electrons. The van der Waals surface area contributed by atoms with Gasteiger partial charge in [-0.1, -0.05) is 17.7 Å². The van der Waals surface area contributed by atoms with E-state index in [0.29, 0.717) is 16.3 Å². The highest BCUT2D eigenvalue weighted by Crippen LogP contribution is 2.17. The van der Waals surface area contributed by atoms with Gasteiger partial charge in [0.2, 0.25) is 5.91 Å². The van der Waals surface area contributed by atoms with Crippen molar-refractivity contribution < 1.29 is 9.59 Å². The zero-order valence-electron chi connectivity index (χ0n) is 13.8. The molecular weight excluding hydrogens is 338 g/mol. The summed E-state index contributed by atoms with van der Waals surface area (Å²) in [5, 5.41) is 6.49. The van der Waals surface area contributed by atoms with Gasteiger partial charge in [-0.05, 0) is 55.3 Å². The molecule has 0 unspecified atom stereocenters. The van der Waals surface area contributed by atoms with Crippen molar-refractivity contribution in [3.8, 4) is 0 Å². The molecular formula is C19H20ClN3O2. The maximum absolute atomic E-state index is 12.4. The molecule has 1 fully saturated rings. The summed E-state index contributed by atoms with van der Waals surface area (Å²) >= 11 is 5.83. The maximum Gasteiger partial charge on any atom is 0.253 e. The second-order valence-corrected chi connectivity index (χ2v) is 6.43. The Morgan fingerprint density at radius 3 is 2.44 bits per heavy atom. The van der Waals surface area contributed by atoms with Crippen LogP contribution in [0.25, 0.3) is 0 Å². The van der Waals surface area contributed by atoms with E-state index in [0.717, 1.165) is 31.6 Å². The first-order chi connectivity index (χ1) is 12.1. The lowest BCUT2D eigenvalue weighted by molar-refractivity contribution is -0.114. The van der Waals surface area contributed by atoms with Crippen LogP contribution in [0, 0.1) is 0 Å². The second kappa shape index (κ2) is 8.03. The number of halogens is 1. The molecule has 0 spiro atoms. The number of hydrogen-bond acceptors (Lipinski definition) is 3. The lowest BCUT2D eigenvalue weighted by atomic mass is 10.1. The van der Waals surface area contributed by atoms with E-state index >= 15 is 0 Å². The van der Waals surface area contributed by atoms with Crippen molar-refractivity contribution in [1.29, 1.82) is 0 Å². The largest absolute Gasteiger partial charge is 0.376 e. The summed E-state index contributed by atoms with van der Waals surface area (Å²) in [6.07, 6.45) is 2.11. The van der Waals surface area contributed by atoms with Crippen LogP contribution in [0.2, 0.25) is 5.02 Å². The number of nitrogens with one attached hydrogen (secondary N) is 2. The van der Waals surface area contributed by atoms with Gasteiger partial charge < -0.3 is 15.5 Å². The maximum atomic E-state index is 12.4. The van der Waals surface area contributed by atoms with Gasteiger partial charge in [-0.15, -0.1) is 0 Å². The first kappa shape index (κ1) is 17.3. The molecule has 0 bridgehead atoms. The minimum atomic E-state index is -0.180. The number of hydrogen-bond donors (Lipinski definition) is 2. The predicted octanol–water partition coefficient (Wildman–Crippen LogP) is 3.63. The van der Waals surface area contributed by atoms with Crippen LogP contribution in [0.5, 0.6) is 0 Å². The zero-order chi connectivity index (χ0) is 17.6. The zero-order valence-corrected chi connectivity index (χ0v) is 14.6. The van der Waals surface area contributed by atoms with E-state index in [1.807, 2.05) is 17.0 Å². The van der Waals surface area contributed by atoms with E-state index < -0.39 is 0 Å². The molecule has 0 aromatic heterocycles. The van der Waals surface area contributed by atoms with Gasteiger partial charge in [0.25, 0.3) is 5.91 Å². The van der Waals surface area contributed by atoms with Gasteiger partial charge in [-0.3, -0.25) is 9.59 Å². The van der Waals surface area contributed by atoms with Crippen LogP contribution in [0.1, 0.15) is 23.2 Å². The lowest BCUT2D eigenvalue weighted by Gasteiger charge is -2.16. The molecule has 0 saturated carbocycles. The Labute approximate surface area is 152 Å². The molecule has 0 atom stereocenters. The third-order valence-electron chi connectivity index (χ3n) is 4.08. The fraction of sp³-hybridized carbons (Fsp3) is 0.263. The predicted molar refractivity (Wildman–Crippen MR) is 100 cm³/mol. The Morgan fingerprint density at radius 1 is 1.00 bits per heavy atom. The first-order valence-electron chi connectivity index (χ1n) is 8.30. The molecule has 6 heteroatoms.